The number of nitrogens with one attached hydrogen (secondary N) is 1. The number of hydrogen-bond acceptors (Lipinski definition) is 11. The molecule has 1 aromatic heterocycles. The van der Waals surface area contributed by atoms with Gasteiger partial charge in [0.1, 0.15) is 24.2 Å². The standard InChI is InChI=1S/C19H29N7O6/c27-11-16-18(29)19(30)17(28)10-24(16)8-4-2-1-3-7-20-14-6-5-13(9-15(14)26(31)32)25-12-21-22-23-25/h5-6,9,12,16-20,27-30H,1-4,7-8,10-11H2/t16-,17+,18-,19-/m1/s1. The minimum Gasteiger partial charge on any atom is -0.395 e. The molecule has 2 heterocycles. The van der Waals surface area contributed by atoms with Crippen molar-refractivity contribution in [2.75, 3.05) is 31.6 Å². The summed E-state index contributed by atoms with van der Waals surface area (Å²) < 4.78 is 1.35. The summed E-state index contributed by atoms with van der Waals surface area (Å²) in [6.07, 6.45) is 1.26. The summed E-state index contributed by atoms with van der Waals surface area (Å²) >= 11 is 0. The Bertz CT molecular complexity index is 868. The third-order valence-electron chi connectivity index (χ3n) is 5.70. The lowest BCUT2D eigenvalue weighted by Crippen LogP contribution is -2.62. The molecule has 1 aromatic carbocycles. The van der Waals surface area contributed by atoms with Crippen molar-refractivity contribution in [3.05, 3.63) is 34.6 Å². The van der Waals surface area contributed by atoms with Crippen LogP contribution < -0.4 is 5.32 Å². The SMILES string of the molecule is O=[N+]([O-])c1cc(-n2cnnn2)ccc1NCCCCCCN1C[C@H](O)[C@@H](O)[C@H](O)[C@H]1CO. The van der Waals surface area contributed by atoms with Crippen LogP contribution >= 0.6 is 0 Å². The Balaban J connectivity index is 1.41. The van der Waals surface area contributed by atoms with E-state index in [0.717, 1.165) is 25.7 Å². The summed E-state index contributed by atoms with van der Waals surface area (Å²) in [5, 5.41) is 64.4. The lowest BCUT2D eigenvalue weighted by Gasteiger charge is -2.43. The van der Waals surface area contributed by atoms with Gasteiger partial charge in [0.05, 0.1) is 29.4 Å². The molecule has 0 bridgehead atoms. The van der Waals surface area contributed by atoms with Crippen molar-refractivity contribution in [3.8, 4) is 5.69 Å². The zero-order valence-corrected chi connectivity index (χ0v) is 17.6. The minimum atomic E-state index is -1.25. The van der Waals surface area contributed by atoms with Gasteiger partial charge in [-0.25, -0.2) is 4.68 Å². The van der Waals surface area contributed by atoms with Crippen LogP contribution in [0.3, 0.4) is 0 Å². The Hall–Kier alpha value is -2.71. The Morgan fingerprint density at radius 1 is 1.16 bits per heavy atom. The van der Waals surface area contributed by atoms with Gasteiger partial charge in [-0.3, -0.25) is 15.0 Å². The second-order valence-electron chi connectivity index (χ2n) is 7.85. The monoisotopic (exact) mass is 451 g/mol. The zero-order valence-electron chi connectivity index (χ0n) is 17.6. The summed E-state index contributed by atoms with van der Waals surface area (Å²) in [7, 11) is 0. The van der Waals surface area contributed by atoms with E-state index < -0.39 is 29.3 Å². The number of piperidine rings is 1. The summed E-state index contributed by atoms with van der Waals surface area (Å²) in [5.74, 6) is 0. The maximum Gasteiger partial charge on any atom is 0.294 e. The van der Waals surface area contributed by atoms with E-state index in [1.54, 1.807) is 17.0 Å². The Kier molecular flexibility index (Phi) is 8.41. The number of aromatic nitrogens is 4. The fourth-order valence-corrected chi connectivity index (χ4v) is 3.89. The van der Waals surface area contributed by atoms with Crippen LogP contribution in [0, 0.1) is 10.1 Å². The minimum absolute atomic E-state index is 0.0579. The number of nitrogens with zero attached hydrogens (tertiary/aromatic N) is 6. The second kappa shape index (κ2) is 11.2. The van der Waals surface area contributed by atoms with Gasteiger partial charge in [-0.05, 0) is 41.9 Å². The largest absolute Gasteiger partial charge is 0.395 e. The third-order valence-corrected chi connectivity index (χ3v) is 5.70. The van der Waals surface area contributed by atoms with E-state index in [1.807, 2.05) is 0 Å². The summed E-state index contributed by atoms with van der Waals surface area (Å²) in [6.45, 7) is 1.07. The molecular formula is C19H29N7O6. The molecule has 1 aliphatic rings. The van der Waals surface area contributed by atoms with E-state index in [4.69, 9.17) is 0 Å². The smallest absolute Gasteiger partial charge is 0.294 e. The van der Waals surface area contributed by atoms with E-state index in [0.29, 0.717) is 24.5 Å². The van der Waals surface area contributed by atoms with Gasteiger partial charge in [-0.15, -0.1) is 5.10 Å². The molecule has 0 saturated carbocycles. The summed E-state index contributed by atoms with van der Waals surface area (Å²) in [5.41, 5.74) is 0.860. The maximum atomic E-state index is 11.4. The fourth-order valence-electron chi connectivity index (χ4n) is 3.89. The number of likely N-dealkylation sites (tertiary alicyclic amines) is 1. The molecule has 4 atom stereocenters. The Labute approximate surface area is 184 Å². The molecule has 0 unspecified atom stereocenters. The number of tetrazole rings is 1. The molecule has 0 aliphatic carbocycles. The first-order valence-electron chi connectivity index (χ1n) is 10.6. The van der Waals surface area contributed by atoms with Gasteiger partial charge in [0.2, 0.25) is 0 Å². The number of anilines is 1. The number of nitro groups is 1. The number of β-amino-alcohol motifs (C(OH)–C–C–N with tert-alkyl or cyclic N) is 1. The number of aliphatic hydroxyl groups is 4. The zero-order chi connectivity index (χ0) is 23.1. The topological polar surface area (TPSA) is 183 Å². The fraction of sp³-hybridized carbons (Fsp3) is 0.632. The molecule has 0 spiro atoms. The van der Waals surface area contributed by atoms with E-state index in [9.17, 15) is 30.5 Å². The van der Waals surface area contributed by atoms with Crippen molar-refractivity contribution in [2.24, 2.45) is 0 Å². The highest BCUT2D eigenvalue weighted by atomic mass is 16.6. The van der Waals surface area contributed by atoms with Crippen LogP contribution in [0.2, 0.25) is 0 Å². The molecule has 13 heteroatoms. The number of aliphatic hydroxyl groups excluding tert-OH is 4. The molecule has 0 amide bonds. The molecule has 1 aliphatic heterocycles. The highest BCUT2D eigenvalue weighted by molar-refractivity contribution is 5.65. The normalized spacial score (nSPS) is 23.9. The number of hydrogen-bond donors (Lipinski definition) is 5. The van der Waals surface area contributed by atoms with Gasteiger partial charge >= 0.3 is 0 Å². The van der Waals surface area contributed by atoms with Crippen molar-refractivity contribution in [1.29, 1.82) is 0 Å². The van der Waals surface area contributed by atoms with Gasteiger partial charge in [0.25, 0.3) is 5.69 Å². The highest BCUT2D eigenvalue weighted by Gasteiger charge is 2.40. The quantitative estimate of drug-likeness (QED) is 0.165. The van der Waals surface area contributed by atoms with E-state index in [-0.39, 0.29) is 18.8 Å². The van der Waals surface area contributed by atoms with Crippen LogP contribution in [0.15, 0.2) is 24.5 Å². The molecule has 0 radical (unpaired) electrons. The van der Waals surface area contributed by atoms with Gasteiger partial charge in [-0.2, -0.15) is 0 Å². The molecule has 1 fully saturated rings. The molecule has 2 aromatic rings. The number of rotatable bonds is 11. The lowest BCUT2D eigenvalue weighted by atomic mass is 9.94. The van der Waals surface area contributed by atoms with Crippen LogP contribution in [0.25, 0.3) is 5.69 Å². The summed E-state index contributed by atoms with van der Waals surface area (Å²) in [4.78, 5) is 12.8. The number of nitro benzene ring substituents is 1. The number of benzene rings is 1. The molecule has 1 saturated heterocycles. The Morgan fingerprint density at radius 3 is 2.62 bits per heavy atom. The van der Waals surface area contributed by atoms with Crippen LogP contribution in [-0.4, -0.2) is 101 Å². The van der Waals surface area contributed by atoms with E-state index in [1.165, 1.54) is 17.1 Å². The molecule has 5 N–H and O–H groups in total. The van der Waals surface area contributed by atoms with E-state index in [2.05, 4.69) is 20.8 Å². The van der Waals surface area contributed by atoms with Gasteiger partial charge < -0.3 is 25.7 Å². The number of unbranched alkanes of at least 4 members (excludes halogenated alkanes) is 3. The molecule has 32 heavy (non-hydrogen) atoms. The van der Waals surface area contributed by atoms with Crippen LogP contribution in [0.5, 0.6) is 0 Å². The summed E-state index contributed by atoms with van der Waals surface area (Å²) in [6, 6.07) is 4.15. The van der Waals surface area contributed by atoms with Crippen LogP contribution in [-0.2, 0) is 0 Å². The van der Waals surface area contributed by atoms with Gasteiger partial charge in [0, 0.05) is 19.2 Å². The molecule has 3 rings (SSSR count). The maximum absolute atomic E-state index is 11.4. The van der Waals surface area contributed by atoms with Crippen LogP contribution in [0.4, 0.5) is 11.4 Å². The average Bonchev–Trinajstić information content (AvgIpc) is 3.32. The molecular weight excluding hydrogens is 422 g/mol. The first kappa shape index (κ1) is 23.9. The van der Waals surface area contributed by atoms with Gasteiger partial charge in [-0.1, -0.05) is 12.8 Å². The first-order chi connectivity index (χ1) is 15.4. The van der Waals surface area contributed by atoms with Crippen molar-refractivity contribution >= 4 is 11.4 Å². The van der Waals surface area contributed by atoms with Crippen molar-refractivity contribution in [1.82, 2.24) is 25.1 Å². The molecule has 13 nitrogen and oxygen atoms in total. The second-order valence-corrected chi connectivity index (χ2v) is 7.85. The van der Waals surface area contributed by atoms with Crippen molar-refractivity contribution in [3.63, 3.8) is 0 Å². The highest BCUT2D eigenvalue weighted by Crippen LogP contribution is 2.27. The van der Waals surface area contributed by atoms with E-state index >= 15 is 0 Å². The molecule has 176 valence electrons. The van der Waals surface area contributed by atoms with Crippen LogP contribution in [0.1, 0.15) is 25.7 Å². The third kappa shape index (κ3) is 5.75. The van der Waals surface area contributed by atoms with Crippen molar-refractivity contribution < 1.29 is 25.3 Å². The lowest BCUT2D eigenvalue weighted by molar-refractivity contribution is -0.383. The average molecular weight is 451 g/mol. The predicted molar refractivity (Wildman–Crippen MR) is 113 cm³/mol. The van der Waals surface area contributed by atoms with Gasteiger partial charge in [0.15, 0.2) is 0 Å². The predicted octanol–water partition coefficient (Wildman–Crippen LogP) is -0.698. The first-order valence-corrected chi connectivity index (χ1v) is 10.6. The van der Waals surface area contributed by atoms with Crippen molar-refractivity contribution in [2.45, 2.75) is 50.0 Å². The Morgan fingerprint density at radius 2 is 1.94 bits per heavy atom.